The third-order valence-corrected chi connectivity index (χ3v) is 4.29. The number of aliphatic hydroxyl groups excluding tert-OH is 1. The van der Waals surface area contributed by atoms with Crippen LogP contribution in [0.3, 0.4) is 0 Å². The molecule has 1 aromatic rings. The van der Waals surface area contributed by atoms with Crippen LogP contribution in [0.1, 0.15) is 30.9 Å². The third-order valence-electron chi connectivity index (χ3n) is 4.29. The Morgan fingerprint density at radius 2 is 2.10 bits per heavy atom. The summed E-state index contributed by atoms with van der Waals surface area (Å²) >= 11 is 0. The maximum atomic E-state index is 13.8. The maximum absolute atomic E-state index is 13.8. The van der Waals surface area contributed by atoms with Crippen LogP contribution in [-0.2, 0) is 0 Å². The Kier molecular flexibility index (Phi) is 5.67. The molecular weight excluding hydrogens is 274 g/mol. The highest BCUT2D eigenvalue weighted by Crippen LogP contribution is 2.28. The van der Waals surface area contributed by atoms with Crippen molar-refractivity contribution in [2.45, 2.75) is 31.4 Å². The number of nitrogens with zero attached hydrogens (tertiary/aromatic N) is 1. The lowest BCUT2D eigenvalue weighted by atomic mass is 9.82. The van der Waals surface area contributed by atoms with E-state index in [0.717, 1.165) is 32.0 Å². The van der Waals surface area contributed by atoms with Crippen LogP contribution in [0.5, 0.6) is 0 Å². The number of halogens is 2. The smallest absolute Gasteiger partial charge is 0.163 e. The Labute approximate surface area is 125 Å². The molecule has 2 N–H and O–H groups in total. The van der Waals surface area contributed by atoms with Gasteiger partial charge in [-0.15, -0.1) is 0 Å². The van der Waals surface area contributed by atoms with Gasteiger partial charge >= 0.3 is 0 Å². The Morgan fingerprint density at radius 3 is 2.71 bits per heavy atom. The number of rotatable bonds is 7. The zero-order valence-electron chi connectivity index (χ0n) is 12.6. The summed E-state index contributed by atoms with van der Waals surface area (Å²) < 4.78 is 27.1. The number of benzene rings is 1. The molecule has 0 heterocycles. The van der Waals surface area contributed by atoms with Crippen molar-refractivity contribution in [1.29, 1.82) is 0 Å². The fourth-order valence-electron chi connectivity index (χ4n) is 2.98. The highest BCUT2D eigenvalue weighted by Gasteiger charge is 2.28. The van der Waals surface area contributed by atoms with Crippen molar-refractivity contribution in [2.24, 2.45) is 5.92 Å². The molecule has 0 amide bonds. The van der Waals surface area contributed by atoms with Crippen LogP contribution < -0.4 is 5.32 Å². The van der Waals surface area contributed by atoms with Crippen LogP contribution in [0.15, 0.2) is 18.2 Å². The second-order valence-corrected chi connectivity index (χ2v) is 6.03. The van der Waals surface area contributed by atoms with E-state index in [1.807, 2.05) is 7.05 Å². The van der Waals surface area contributed by atoms with Gasteiger partial charge in [-0.1, -0.05) is 12.1 Å². The number of hydrogen-bond donors (Lipinski definition) is 2. The lowest BCUT2D eigenvalue weighted by Crippen LogP contribution is -2.38. The van der Waals surface area contributed by atoms with Crippen LogP contribution in [-0.4, -0.2) is 43.3 Å². The summed E-state index contributed by atoms with van der Waals surface area (Å²) in [4.78, 5) is 2.19. The summed E-state index contributed by atoms with van der Waals surface area (Å²) in [6, 6.07) is 4.11. The monoisotopic (exact) mass is 298 g/mol. The van der Waals surface area contributed by atoms with Crippen molar-refractivity contribution < 1.29 is 13.9 Å². The SMILES string of the molecule is CNC(CCN(C)CC1CC(O)C1)c1cccc(F)c1F. The Bertz CT molecular complexity index is 464. The molecule has 2 rings (SSSR count). The second kappa shape index (κ2) is 7.29. The summed E-state index contributed by atoms with van der Waals surface area (Å²) in [7, 11) is 3.79. The first-order valence-electron chi connectivity index (χ1n) is 7.49. The summed E-state index contributed by atoms with van der Waals surface area (Å²) in [6.07, 6.45) is 2.33. The molecule has 21 heavy (non-hydrogen) atoms. The largest absolute Gasteiger partial charge is 0.393 e. The zero-order valence-corrected chi connectivity index (χ0v) is 12.6. The average Bonchev–Trinajstić information content (AvgIpc) is 2.42. The van der Waals surface area contributed by atoms with E-state index in [9.17, 15) is 13.9 Å². The standard InChI is InChI=1S/C16H24F2N2O/c1-19-15(13-4-3-5-14(17)16(13)18)6-7-20(2)10-11-8-12(21)9-11/h3-5,11-12,15,19,21H,6-10H2,1-2H3. The van der Waals surface area contributed by atoms with E-state index in [0.29, 0.717) is 17.9 Å². The third kappa shape index (κ3) is 4.22. The summed E-state index contributed by atoms with van der Waals surface area (Å²) in [5.41, 5.74) is 0.380. The molecule has 1 aromatic carbocycles. The molecule has 0 bridgehead atoms. The van der Waals surface area contributed by atoms with Crippen molar-refractivity contribution >= 4 is 0 Å². The van der Waals surface area contributed by atoms with Gasteiger partial charge in [0.2, 0.25) is 0 Å². The summed E-state index contributed by atoms with van der Waals surface area (Å²) in [5.74, 6) is -1.00. The van der Waals surface area contributed by atoms with Gasteiger partial charge in [-0.05, 0) is 51.9 Å². The lowest BCUT2D eigenvalue weighted by Gasteiger charge is -2.34. The molecule has 1 unspecified atom stereocenters. The predicted octanol–water partition coefficient (Wildman–Crippen LogP) is 2.32. The van der Waals surface area contributed by atoms with Crippen molar-refractivity contribution in [3.63, 3.8) is 0 Å². The van der Waals surface area contributed by atoms with E-state index in [1.54, 1.807) is 13.1 Å². The van der Waals surface area contributed by atoms with Crippen LogP contribution in [0.4, 0.5) is 8.78 Å². The van der Waals surface area contributed by atoms with Crippen molar-refractivity contribution in [3.05, 3.63) is 35.4 Å². The van der Waals surface area contributed by atoms with Gasteiger partial charge in [-0.2, -0.15) is 0 Å². The zero-order chi connectivity index (χ0) is 15.4. The summed E-state index contributed by atoms with van der Waals surface area (Å²) in [6.45, 7) is 1.74. The normalized spacial score (nSPS) is 23.1. The molecule has 0 aromatic heterocycles. The van der Waals surface area contributed by atoms with Gasteiger partial charge in [0.15, 0.2) is 11.6 Å². The molecule has 118 valence electrons. The Balaban J connectivity index is 1.86. The van der Waals surface area contributed by atoms with Gasteiger partial charge in [-0.25, -0.2) is 8.78 Å². The lowest BCUT2D eigenvalue weighted by molar-refractivity contribution is 0.0279. The van der Waals surface area contributed by atoms with Crippen LogP contribution in [0, 0.1) is 17.6 Å². The minimum atomic E-state index is -0.801. The Hall–Kier alpha value is -1.04. The highest BCUT2D eigenvalue weighted by atomic mass is 19.2. The molecule has 0 aliphatic heterocycles. The van der Waals surface area contributed by atoms with E-state index in [2.05, 4.69) is 10.2 Å². The topological polar surface area (TPSA) is 35.5 Å². The first kappa shape index (κ1) is 16.3. The first-order valence-corrected chi connectivity index (χ1v) is 7.49. The molecule has 5 heteroatoms. The molecule has 0 radical (unpaired) electrons. The van der Waals surface area contributed by atoms with Crippen LogP contribution in [0.2, 0.25) is 0 Å². The number of hydrogen-bond acceptors (Lipinski definition) is 3. The van der Waals surface area contributed by atoms with Crippen LogP contribution >= 0.6 is 0 Å². The second-order valence-electron chi connectivity index (χ2n) is 6.03. The quantitative estimate of drug-likeness (QED) is 0.811. The number of aliphatic hydroxyl groups is 1. The van der Waals surface area contributed by atoms with Gasteiger partial charge in [0.1, 0.15) is 0 Å². The predicted molar refractivity (Wildman–Crippen MR) is 79.0 cm³/mol. The summed E-state index contributed by atoms with van der Waals surface area (Å²) in [5, 5.41) is 12.3. The minimum absolute atomic E-state index is 0.130. The van der Waals surface area contributed by atoms with Gasteiger partial charge in [0.05, 0.1) is 6.10 Å². The maximum Gasteiger partial charge on any atom is 0.163 e. The molecule has 1 aliphatic rings. The fraction of sp³-hybridized carbons (Fsp3) is 0.625. The van der Waals surface area contributed by atoms with Crippen molar-refractivity contribution in [3.8, 4) is 0 Å². The first-order chi connectivity index (χ1) is 10.0. The molecule has 0 spiro atoms. The van der Waals surface area contributed by atoms with Crippen molar-refractivity contribution in [2.75, 3.05) is 27.2 Å². The van der Waals surface area contributed by atoms with E-state index >= 15 is 0 Å². The van der Waals surface area contributed by atoms with Crippen LogP contribution in [0.25, 0.3) is 0 Å². The van der Waals surface area contributed by atoms with E-state index in [4.69, 9.17) is 0 Å². The highest BCUT2D eigenvalue weighted by molar-refractivity contribution is 5.22. The number of nitrogens with one attached hydrogen (secondary N) is 1. The van der Waals surface area contributed by atoms with Crippen molar-refractivity contribution in [1.82, 2.24) is 10.2 Å². The average molecular weight is 298 g/mol. The van der Waals surface area contributed by atoms with E-state index < -0.39 is 11.6 Å². The van der Waals surface area contributed by atoms with Gasteiger partial charge < -0.3 is 15.3 Å². The molecule has 1 saturated carbocycles. The molecule has 1 aliphatic carbocycles. The van der Waals surface area contributed by atoms with Gasteiger partial charge in [0, 0.05) is 18.2 Å². The van der Waals surface area contributed by atoms with E-state index in [1.165, 1.54) is 6.07 Å². The molecule has 0 saturated heterocycles. The van der Waals surface area contributed by atoms with Gasteiger partial charge in [0.25, 0.3) is 0 Å². The fourth-order valence-corrected chi connectivity index (χ4v) is 2.98. The van der Waals surface area contributed by atoms with E-state index in [-0.39, 0.29) is 12.1 Å². The molecule has 1 atom stereocenters. The minimum Gasteiger partial charge on any atom is -0.393 e. The van der Waals surface area contributed by atoms with Gasteiger partial charge in [-0.3, -0.25) is 0 Å². The molecule has 3 nitrogen and oxygen atoms in total. The Morgan fingerprint density at radius 1 is 1.38 bits per heavy atom. The molecular formula is C16H24F2N2O. The molecule has 1 fully saturated rings.